The molecular formula is C13H16O3. The monoisotopic (exact) mass is 220 g/mol. The van der Waals surface area contributed by atoms with Gasteiger partial charge in [0.2, 0.25) is 0 Å². The Bertz CT molecular complexity index is 367. The van der Waals surface area contributed by atoms with Crippen LogP contribution in [-0.4, -0.2) is 24.3 Å². The lowest BCUT2D eigenvalue weighted by Gasteiger charge is -2.22. The summed E-state index contributed by atoms with van der Waals surface area (Å²) in [5.41, 5.74) is 1.39. The highest BCUT2D eigenvalue weighted by molar-refractivity contribution is 5.89. The highest BCUT2D eigenvalue weighted by Gasteiger charge is 2.17. The lowest BCUT2D eigenvalue weighted by atomic mass is 9.90. The molecule has 0 spiro atoms. The average Bonchev–Trinajstić information content (AvgIpc) is 2.31. The molecule has 0 atom stereocenters. The molecule has 2 rings (SSSR count). The van der Waals surface area contributed by atoms with Crippen LogP contribution >= 0.6 is 0 Å². The Labute approximate surface area is 95.0 Å². The minimum Gasteiger partial charge on any atom is -0.478 e. The van der Waals surface area contributed by atoms with Crippen LogP contribution in [0.15, 0.2) is 24.3 Å². The summed E-state index contributed by atoms with van der Waals surface area (Å²) in [4.78, 5) is 11.0. The highest BCUT2D eigenvalue weighted by atomic mass is 16.5. The number of hydrogen-bond donors (Lipinski definition) is 1. The van der Waals surface area contributed by atoms with E-state index in [9.17, 15) is 4.79 Å². The number of carboxylic acids is 1. The number of carbonyl (C=O) groups is 1. The molecule has 1 N–H and O–H groups in total. The zero-order chi connectivity index (χ0) is 11.4. The molecule has 0 bridgehead atoms. The largest absolute Gasteiger partial charge is 0.478 e. The third-order valence-electron chi connectivity index (χ3n) is 3.10. The number of benzene rings is 1. The molecule has 1 heterocycles. The predicted molar refractivity (Wildman–Crippen MR) is 60.6 cm³/mol. The quantitative estimate of drug-likeness (QED) is 0.850. The molecule has 1 aromatic carbocycles. The summed E-state index contributed by atoms with van der Waals surface area (Å²) in [6.07, 6.45) is 2.92. The number of aromatic carboxylic acids is 1. The summed E-state index contributed by atoms with van der Waals surface area (Å²) in [5.74, 6) is -0.267. The molecule has 1 aromatic rings. The molecule has 0 aliphatic carbocycles. The van der Waals surface area contributed by atoms with Crippen LogP contribution in [-0.2, 0) is 11.2 Å². The van der Waals surface area contributed by atoms with Gasteiger partial charge in [0.25, 0.3) is 0 Å². The van der Waals surface area contributed by atoms with Crippen LogP contribution in [0.1, 0.15) is 28.8 Å². The van der Waals surface area contributed by atoms with Crippen molar-refractivity contribution >= 4 is 5.97 Å². The Hall–Kier alpha value is -1.35. The van der Waals surface area contributed by atoms with Crippen LogP contribution in [0.4, 0.5) is 0 Å². The van der Waals surface area contributed by atoms with Crippen molar-refractivity contribution in [3.8, 4) is 0 Å². The average molecular weight is 220 g/mol. The third kappa shape index (κ3) is 2.61. The molecule has 1 fully saturated rings. The topological polar surface area (TPSA) is 46.5 Å². The van der Waals surface area contributed by atoms with Crippen LogP contribution in [0.25, 0.3) is 0 Å². The van der Waals surface area contributed by atoms with Gasteiger partial charge < -0.3 is 9.84 Å². The predicted octanol–water partition coefficient (Wildman–Crippen LogP) is 2.35. The molecule has 1 aliphatic heterocycles. The molecular weight excluding hydrogens is 204 g/mol. The van der Waals surface area contributed by atoms with E-state index in [4.69, 9.17) is 9.84 Å². The van der Waals surface area contributed by atoms with E-state index >= 15 is 0 Å². The second-order valence-electron chi connectivity index (χ2n) is 4.22. The van der Waals surface area contributed by atoms with Crippen molar-refractivity contribution in [2.24, 2.45) is 5.92 Å². The van der Waals surface area contributed by atoms with E-state index in [0.717, 1.165) is 38.0 Å². The van der Waals surface area contributed by atoms with Crippen molar-refractivity contribution in [3.05, 3.63) is 35.4 Å². The van der Waals surface area contributed by atoms with Crippen LogP contribution in [0.3, 0.4) is 0 Å². The lowest BCUT2D eigenvalue weighted by Crippen LogP contribution is -2.18. The summed E-state index contributed by atoms with van der Waals surface area (Å²) in [6, 6.07) is 7.27. The summed E-state index contributed by atoms with van der Waals surface area (Å²) in [6.45, 7) is 1.61. The summed E-state index contributed by atoms with van der Waals surface area (Å²) < 4.78 is 5.30. The van der Waals surface area contributed by atoms with Gasteiger partial charge in [0, 0.05) is 13.2 Å². The molecule has 1 aliphatic rings. The van der Waals surface area contributed by atoms with Crippen molar-refractivity contribution in [1.82, 2.24) is 0 Å². The minimum absolute atomic E-state index is 0.439. The molecule has 3 nitrogen and oxygen atoms in total. The second-order valence-corrected chi connectivity index (χ2v) is 4.22. The second kappa shape index (κ2) is 5.12. The van der Waals surface area contributed by atoms with Crippen molar-refractivity contribution < 1.29 is 14.6 Å². The van der Waals surface area contributed by atoms with Crippen LogP contribution in [0.5, 0.6) is 0 Å². The van der Waals surface area contributed by atoms with Gasteiger partial charge in [-0.2, -0.15) is 0 Å². The van der Waals surface area contributed by atoms with Gasteiger partial charge in [-0.1, -0.05) is 18.2 Å². The minimum atomic E-state index is -0.831. The summed E-state index contributed by atoms with van der Waals surface area (Å²) >= 11 is 0. The number of carboxylic acid groups (broad SMARTS) is 1. The zero-order valence-corrected chi connectivity index (χ0v) is 9.19. The fraction of sp³-hybridized carbons (Fsp3) is 0.462. The molecule has 16 heavy (non-hydrogen) atoms. The highest BCUT2D eigenvalue weighted by Crippen LogP contribution is 2.22. The maximum Gasteiger partial charge on any atom is 0.335 e. The van der Waals surface area contributed by atoms with E-state index < -0.39 is 5.97 Å². The summed E-state index contributed by atoms with van der Waals surface area (Å²) in [5, 5.41) is 9.07. The Morgan fingerprint density at radius 3 is 2.69 bits per heavy atom. The van der Waals surface area contributed by atoms with Gasteiger partial charge in [0.15, 0.2) is 0 Å². The molecule has 0 amide bonds. The summed E-state index contributed by atoms with van der Waals surface area (Å²) in [7, 11) is 0. The number of rotatable bonds is 3. The molecule has 0 aromatic heterocycles. The number of hydrogen-bond acceptors (Lipinski definition) is 2. The zero-order valence-electron chi connectivity index (χ0n) is 9.19. The van der Waals surface area contributed by atoms with Crippen LogP contribution in [0, 0.1) is 5.92 Å². The molecule has 0 radical (unpaired) electrons. The molecule has 0 unspecified atom stereocenters. The van der Waals surface area contributed by atoms with Gasteiger partial charge in [0.1, 0.15) is 0 Å². The lowest BCUT2D eigenvalue weighted by molar-refractivity contribution is 0.0656. The standard InChI is InChI=1S/C13H16O3/c14-13(15)12-4-2-1-3-11(12)9-10-5-7-16-8-6-10/h1-4,10H,5-9H2,(H,14,15). The van der Waals surface area contributed by atoms with Crippen molar-refractivity contribution in [2.75, 3.05) is 13.2 Å². The molecule has 1 saturated heterocycles. The Kier molecular flexibility index (Phi) is 3.57. The number of ether oxygens (including phenoxy) is 1. The van der Waals surface area contributed by atoms with E-state index in [1.54, 1.807) is 12.1 Å². The SMILES string of the molecule is O=C(O)c1ccccc1CC1CCOCC1. The Morgan fingerprint density at radius 2 is 2.00 bits per heavy atom. The smallest absolute Gasteiger partial charge is 0.335 e. The Morgan fingerprint density at radius 1 is 1.31 bits per heavy atom. The maximum absolute atomic E-state index is 11.0. The van der Waals surface area contributed by atoms with Gasteiger partial charge in [-0.3, -0.25) is 0 Å². The molecule has 86 valence electrons. The maximum atomic E-state index is 11.0. The van der Waals surface area contributed by atoms with Crippen LogP contribution in [0.2, 0.25) is 0 Å². The van der Waals surface area contributed by atoms with Gasteiger partial charge >= 0.3 is 5.97 Å². The van der Waals surface area contributed by atoms with Gasteiger partial charge in [0.05, 0.1) is 5.56 Å². The van der Waals surface area contributed by atoms with Crippen LogP contribution < -0.4 is 0 Å². The first-order valence-electron chi connectivity index (χ1n) is 5.66. The first kappa shape index (κ1) is 11.1. The van der Waals surface area contributed by atoms with Crippen molar-refractivity contribution in [3.63, 3.8) is 0 Å². The van der Waals surface area contributed by atoms with E-state index in [-0.39, 0.29) is 0 Å². The fourth-order valence-electron chi connectivity index (χ4n) is 2.17. The first-order chi connectivity index (χ1) is 7.77. The molecule has 3 heteroatoms. The van der Waals surface area contributed by atoms with Gasteiger partial charge in [-0.15, -0.1) is 0 Å². The van der Waals surface area contributed by atoms with Crippen molar-refractivity contribution in [2.45, 2.75) is 19.3 Å². The van der Waals surface area contributed by atoms with E-state index in [2.05, 4.69) is 0 Å². The van der Waals surface area contributed by atoms with E-state index in [1.165, 1.54) is 0 Å². The molecule has 0 saturated carbocycles. The van der Waals surface area contributed by atoms with Crippen molar-refractivity contribution in [1.29, 1.82) is 0 Å². The normalized spacial score (nSPS) is 17.2. The Balaban J connectivity index is 2.10. The first-order valence-corrected chi connectivity index (χ1v) is 5.66. The third-order valence-corrected chi connectivity index (χ3v) is 3.10. The van der Waals surface area contributed by atoms with Gasteiger partial charge in [-0.05, 0) is 36.8 Å². The van der Waals surface area contributed by atoms with E-state index in [1.807, 2.05) is 12.1 Å². The fourth-order valence-corrected chi connectivity index (χ4v) is 2.17. The van der Waals surface area contributed by atoms with E-state index in [0.29, 0.717) is 11.5 Å². The van der Waals surface area contributed by atoms with Gasteiger partial charge in [-0.25, -0.2) is 4.79 Å².